The van der Waals surface area contributed by atoms with E-state index in [1.165, 1.54) is 13.2 Å². The maximum absolute atomic E-state index is 11.1. The van der Waals surface area contributed by atoms with Gasteiger partial charge in [-0.15, -0.1) is 0 Å². The summed E-state index contributed by atoms with van der Waals surface area (Å²) in [6, 6.07) is 4.35. The number of hydrogen-bond acceptors (Lipinski definition) is 6. The van der Waals surface area contributed by atoms with E-state index in [4.69, 9.17) is 9.15 Å². The Morgan fingerprint density at radius 2 is 2.25 bits per heavy atom. The van der Waals surface area contributed by atoms with E-state index in [2.05, 4.69) is 10.3 Å². The minimum absolute atomic E-state index is 0.0560. The third kappa shape index (κ3) is 2.87. The molecule has 0 saturated carbocycles. The summed E-state index contributed by atoms with van der Waals surface area (Å²) < 4.78 is 10.4. The molecule has 0 spiro atoms. The lowest BCUT2D eigenvalue weighted by Gasteiger charge is -2.12. The van der Waals surface area contributed by atoms with Gasteiger partial charge < -0.3 is 14.5 Å². The first-order valence-electron chi connectivity index (χ1n) is 6.02. The van der Waals surface area contributed by atoms with Gasteiger partial charge in [-0.1, -0.05) is 0 Å². The number of methoxy groups -OCH3 is 1. The van der Waals surface area contributed by atoms with Crippen LogP contribution in [-0.4, -0.2) is 17.0 Å². The van der Waals surface area contributed by atoms with Crippen LogP contribution in [0.4, 0.5) is 11.4 Å². The van der Waals surface area contributed by atoms with Crippen LogP contribution < -0.4 is 10.1 Å². The fourth-order valence-electron chi connectivity index (χ4n) is 1.78. The van der Waals surface area contributed by atoms with Crippen molar-refractivity contribution in [3.63, 3.8) is 0 Å². The molecule has 1 aromatic carbocycles. The van der Waals surface area contributed by atoms with Crippen molar-refractivity contribution >= 4 is 11.4 Å². The molecule has 20 heavy (non-hydrogen) atoms. The lowest BCUT2D eigenvalue weighted by molar-refractivity contribution is -0.384. The van der Waals surface area contributed by atoms with E-state index < -0.39 is 4.92 Å². The summed E-state index contributed by atoms with van der Waals surface area (Å²) in [6.07, 6.45) is 1.61. The van der Waals surface area contributed by atoms with Crippen molar-refractivity contribution in [2.75, 3.05) is 12.4 Å². The third-order valence-electron chi connectivity index (χ3n) is 2.78. The molecule has 1 aromatic heterocycles. The number of aromatic nitrogens is 1. The van der Waals surface area contributed by atoms with Gasteiger partial charge in [0.2, 0.25) is 5.89 Å². The van der Waals surface area contributed by atoms with Gasteiger partial charge in [-0.05, 0) is 26.0 Å². The van der Waals surface area contributed by atoms with Crippen molar-refractivity contribution < 1.29 is 14.1 Å². The van der Waals surface area contributed by atoms with Crippen LogP contribution in [0.25, 0.3) is 0 Å². The van der Waals surface area contributed by atoms with Crippen molar-refractivity contribution in [3.8, 4) is 5.75 Å². The maximum Gasteiger partial charge on any atom is 0.296 e. The number of anilines is 1. The highest BCUT2D eigenvalue weighted by Crippen LogP contribution is 2.31. The number of nitrogens with zero attached hydrogens (tertiary/aromatic N) is 2. The fraction of sp³-hybridized carbons (Fsp3) is 0.308. The largest absolute Gasteiger partial charge is 0.496 e. The van der Waals surface area contributed by atoms with E-state index >= 15 is 0 Å². The minimum Gasteiger partial charge on any atom is -0.496 e. The number of nitrogens with one attached hydrogen (secondary N) is 1. The van der Waals surface area contributed by atoms with E-state index in [0.29, 0.717) is 23.1 Å². The van der Waals surface area contributed by atoms with Crippen molar-refractivity contribution in [2.45, 2.75) is 19.9 Å². The SMILES string of the molecule is COc1ccc(NC(C)c2ncc(C)o2)c([N+](=O)[O-])c1. The summed E-state index contributed by atoms with van der Waals surface area (Å²) in [5.41, 5.74) is 0.332. The van der Waals surface area contributed by atoms with E-state index in [-0.39, 0.29) is 11.7 Å². The molecule has 7 nitrogen and oxygen atoms in total. The van der Waals surface area contributed by atoms with Crippen LogP contribution in [0.5, 0.6) is 5.75 Å². The van der Waals surface area contributed by atoms with Crippen molar-refractivity contribution in [2.24, 2.45) is 0 Å². The molecule has 0 aliphatic rings. The molecule has 0 amide bonds. The molecule has 0 saturated heterocycles. The molecule has 0 radical (unpaired) electrons. The average molecular weight is 277 g/mol. The molecule has 2 aromatic rings. The number of nitro benzene ring substituents is 1. The second kappa shape index (κ2) is 5.60. The van der Waals surface area contributed by atoms with E-state index in [9.17, 15) is 10.1 Å². The molecular formula is C13H15N3O4. The van der Waals surface area contributed by atoms with E-state index in [1.807, 2.05) is 6.92 Å². The Balaban J connectivity index is 2.26. The summed E-state index contributed by atoms with van der Waals surface area (Å²) >= 11 is 0. The Bertz CT molecular complexity index is 624. The van der Waals surface area contributed by atoms with Crippen molar-refractivity contribution in [3.05, 3.63) is 46.2 Å². The van der Waals surface area contributed by atoms with Gasteiger partial charge in [0.25, 0.3) is 5.69 Å². The molecule has 7 heteroatoms. The Morgan fingerprint density at radius 1 is 1.50 bits per heavy atom. The monoisotopic (exact) mass is 277 g/mol. The first-order valence-corrected chi connectivity index (χ1v) is 6.02. The van der Waals surface area contributed by atoms with Gasteiger partial charge in [-0.3, -0.25) is 10.1 Å². The van der Waals surface area contributed by atoms with E-state index in [0.717, 1.165) is 0 Å². The van der Waals surface area contributed by atoms with Gasteiger partial charge in [0.1, 0.15) is 23.2 Å². The molecule has 1 atom stereocenters. The third-order valence-corrected chi connectivity index (χ3v) is 2.78. The normalized spacial score (nSPS) is 11.9. The van der Waals surface area contributed by atoms with Crippen LogP contribution in [0.1, 0.15) is 24.6 Å². The first-order chi connectivity index (χ1) is 9.51. The zero-order valence-corrected chi connectivity index (χ0v) is 11.4. The van der Waals surface area contributed by atoms with Gasteiger partial charge >= 0.3 is 0 Å². The smallest absolute Gasteiger partial charge is 0.296 e. The van der Waals surface area contributed by atoms with Crippen molar-refractivity contribution in [1.29, 1.82) is 0 Å². The summed E-state index contributed by atoms with van der Waals surface area (Å²) in [5, 5.41) is 14.1. The topological polar surface area (TPSA) is 90.4 Å². The summed E-state index contributed by atoms with van der Waals surface area (Å²) in [5.74, 6) is 1.60. The van der Waals surface area contributed by atoms with Gasteiger partial charge in [-0.25, -0.2) is 4.98 Å². The van der Waals surface area contributed by atoms with E-state index in [1.54, 1.807) is 25.3 Å². The molecular weight excluding hydrogens is 262 g/mol. The number of ether oxygens (including phenoxy) is 1. The van der Waals surface area contributed by atoms with Crippen molar-refractivity contribution in [1.82, 2.24) is 4.98 Å². The second-order valence-electron chi connectivity index (χ2n) is 4.32. The molecule has 106 valence electrons. The van der Waals surface area contributed by atoms with Crippen LogP contribution in [0.2, 0.25) is 0 Å². The Hall–Kier alpha value is -2.57. The Labute approximate surface area is 115 Å². The quantitative estimate of drug-likeness (QED) is 0.667. The number of aryl methyl sites for hydroxylation is 1. The van der Waals surface area contributed by atoms with Crippen LogP contribution in [-0.2, 0) is 0 Å². The van der Waals surface area contributed by atoms with Gasteiger partial charge in [0.15, 0.2) is 0 Å². The highest BCUT2D eigenvalue weighted by atomic mass is 16.6. The first kappa shape index (κ1) is 13.9. The molecule has 0 aliphatic carbocycles. The Kier molecular flexibility index (Phi) is 3.88. The lowest BCUT2D eigenvalue weighted by atomic mass is 10.2. The number of benzene rings is 1. The predicted molar refractivity (Wildman–Crippen MR) is 72.9 cm³/mol. The second-order valence-corrected chi connectivity index (χ2v) is 4.32. The summed E-state index contributed by atoms with van der Waals surface area (Å²) in [4.78, 5) is 14.7. The van der Waals surface area contributed by atoms with Gasteiger partial charge in [0.05, 0.1) is 24.3 Å². The molecule has 1 unspecified atom stereocenters. The van der Waals surface area contributed by atoms with Gasteiger partial charge in [-0.2, -0.15) is 0 Å². The zero-order chi connectivity index (χ0) is 14.7. The molecule has 0 aliphatic heterocycles. The lowest BCUT2D eigenvalue weighted by Crippen LogP contribution is -2.08. The van der Waals surface area contributed by atoms with Crippen LogP contribution >= 0.6 is 0 Å². The van der Waals surface area contributed by atoms with Gasteiger partial charge in [0, 0.05) is 0 Å². The molecule has 1 N–H and O–H groups in total. The maximum atomic E-state index is 11.1. The molecule has 0 bridgehead atoms. The highest BCUT2D eigenvalue weighted by Gasteiger charge is 2.19. The molecule has 0 fully saturated rings. The number of nitro groups is 1. The Morgan fingerprint density at radius 3 is 2.80 bits per heavy atom. The summed E-state index contributed by atoms with van der Waals surface area (Å²) in [7, 11) is 1.46. The zero-order valence-electron chi connectivity index (χ0n) is 11.4. The fourth-order valence-corrected chi connectivity index (χ4v) is 1.78. The number of hydrogen-bond donors (Lipinski definition) is 1. The van der Waals surface area contributed by atoms with Crippen LogP contribution in [0.15, 0.2) is 28.8 Å². The molecule has 2 rings (SSSR count). The number of rotatable bonds is 5. The number of oxazole rings is 1. The average Bonchev–Trinajstić information content (AvgIpc) is 2.85. The predicted octanol–water partition coefficient (Wildman–Crippen LogP) is 3.07. The molecule has 1 heterocycles. The minimum atomic E-state index is -0.460. The van der Waals surface area contributed by atoms with Crippen LogP contribution in [0.3, 0.4) is 0 Å². The van der Waals surface area contributed by atoms with Crippen LogP contribution in [0, 0.1) is 17.0 Å². The standard InChI is InChI=1S/C13H15N3O4/c1-8-7-14-13(20-8)9(2)15-11-5-4-10(19-3)6-12(11)16(17)18/h4-7,9,15H,1-3H3. The highest BCUT2D eigenvalue weighted by molar-refractivity contribution is 5.64. The summed E-state index contributed by atoms with van der Waals surface area (Å²) in [6.45, 7) is 3.61.